The Bertz CT molecular complexity index is 1430. The van der Waals surface area contributed by atoms with Gasteiger partial charge in [0.25, 0.3) is 11.8 Å². The number of nitrogens with zero attached hydrogens (tertiary/aromatic N) is 5. The van der Waals surface area contributed by atoms with E-state index in [0.29, 0.717) is 42.8 Å². The van der Waals surface area contributed by atoms with Crippen LogP contribution in [0.1, 0.15) is 35.3 Å². The number of hydrogen-bond donors (Lipinski definition) is 1. The summed E-state index contributed by atoms with van der Waals surface area (Å²) in [7, 11) is 0. The Morgan fingerprint density at radius 3 is 2.54 bits per heavy atom. The van der Waals surface area contributed by atoms with Crippen molar-refractivity contribution < 1.29 is 23.2 Å². The third-order valence-electron chi connectivity index (χ3n) is 7.65. The van der Waals surface area contributed by atoms with Gasteiger partial charge >= 0.3 is 0 Å². The number of carbonyl (C=O) groups is 3. The van der Waals surface area contributed by atoms with Gasteiger partial charge in [0, 0.05) is 41.8 Å². The van der Waals surface area contributed by atoms with E-state index >= 15 is 0 Å². The molecule has 6 rings (SSSR count). The van der Waals surface area contributed by atoms with Crippen LogP contribution in [0.15, 0.2) is 41.0 Å². The zero-order chi connectivity index (χ0) is 25.9. The van der Waals surface area contributed by atoms with Crippen LogP contribution in [0.2, 0.25) is 0 Å². The molecule has 192 valence electrons. The number of aromatic nitrogens is 3. The number of H-pyrrole nitrogens is 1. The molecule has 1 N–H and O–H groups in total. The van der Waals surface area contributed by atoms with E-state index in [9.17, 15) is 23.2 Å². The lowest BCUT2D eigenvalue weighted by Crippen LogP contribution is -2.51. The predicted molar refractivity (Wildman–Crippen MR) is 133 cm³/mol. The van der Waals surface area contributed by atoms with Gasteiger partial charge in [-0.15, -0.1) is 0 Å². The number of fused-ring (bicyclic) bond motifs is 3. The number of piperidine rings is 1. The number of aromatic amines is 1. The second kappa shape index (κ2) is 8.57. The van der Waals surface area contributed by atoms with E-state index in [1.807, 2.05) is 6.07 Å². The molecule has 2 aromatic heterocycles. The van der Waals surface area contributed by atoms with Crippen LogP contribution in [0.25, 0.3) is 11.0 Å². The molecule has 5 heterocycles. The fraction of sp³-hybridized carbons (Fsp3) is 0.400. The van der Waals surface area contributed by atoms with Gasteiger partial charge in [-0.05, 0) is 37.1 Å². The number of alkyl halides is 2. The molecule has 3 amide bonds. The van der Waals surface area contributed by atoms with Crippen molar-refractivity contribution in [3.8, 4) is 0 Å². The average Bonchev–Trinajstić information content (AvgIpc) is 3.56. The highest BCUT2D eigenvalue weighted by Gasteiger charge is 2.54. The summed E-state index contributed by atoms with van der Waals surface area (Å²) in [4.78, 5) is 48.6. The molecule has 9 nitrogen and oxygen atoms in total. The van der Waals surface area contributed by atoms with Crippen LogP contribution in [-0.4, -0.2) is 81.3 Å². The van der Waals surface area contributed by atoms with E-state index in [1.54, 1.807) is 35.4 Å². The van der Waals surface area contributed by atoms with Gasteiger partial charge < -0.3 is 14.7 Å². The molecule has 0 unspecified atom stereocenters. The molecule has 1 spiro atoms. The van der Waals surface area contributed by atoms with Gasteiger partial charge in [-0.1, -0.05) is 22.0 Å². The molecule has 2 saturated heterocycles. The van der Waals surface area contributed by atoms with Crippen molar-refractivity contribution >= 4 is 50.4 Å². The van der Waals surface area contributed by atoms with Crippen molar-refractivity contribution in [3.05, 3.63) is 52.3 Å². The van der Waals surface area contributed by atoms with Gasteiger partial charge in [-0.2, -0.15) is 5.10 Å². The Morgan fingerprint density at radius 2 is 1.81 bits per heavy atom. The first-order valence-corrected chi connectivity index (χ1v) is 12.8. The van der Waals surface area contributed by atoms with Crippen molar-refractivity contribution in [2.45, 2.75) is 30.6 Å². The van der Waals surface area contributed by atoms with E-state index in [2.05, 4.69) is 31.1 Å². The number of hydrogen-bond acceptors (Lipinski definition) is 5. The summed E-state index contributed by atoms with van der Waals surface area (Å²) in [5.41, 5.74) is 2.11. The molecule has 0 saturated carbocycles. The van der Waals surface area contributed by atoms with Crippen LogP contribution in [0.4, 0.5) is 14.5 Å². The fourth-order valence-electron chi connectivity index (χ4n) is 5.69. The molecular formula is C25H23BrF2N6O3. The number of likely N-dealkylation sites (tertiary alicyclic amines) is 2. The maximum atomic E-state index is 13.9. The number of halogens is 3. The van der Waals surface area contributed by atoms with Gasteiger partial charge in [0.05, 0.1) is 23.7 Å². The van der Waals surface area contributed by atoms with Crippen LogP contribution in [-0.2, 0) is 15.0 Å². The normalized spacial score (nSPS) is 20.2. The summed E-state index contributed by atoms with van der Waals surface area (Å²) in [6.07, 6.45) is 1.92. The predicted octanol–water partition coefficient (Wildman–Crippen LogP) is 3.11. The van der Waals surface area contributed by atoms with Crippen LogP contribution in [0, 0.1) is 0 Å². The summed E-state index contributed by atoms with van der Waals surface area (Å²) in [5.74, 6) is -3.86. The van der Waals surface area contributed by atoms with E-state index in [-0.39, 0.29) is 31.3 Å². The van der Waals surface area contributed by atoms with Crippen LogP contribution in [0.5, 0.6) is 0 Å². The number of benzene rings is 1. The fourth-order valence-corrected chi connectivity index (χ4v) is 6.43. The van der Waals surface area contributed by atoms with E-state index in [4.69, 9.17) is 0 Å². The standard InChI is InChI=1S/C25H23BrF2N6O3/c26-15-2-1-3-19-21(15)24(23(37)34(19)13-20(35)33-11-8-25(27,28)14-33)6-9-32(10-7-24)22(36)17-5-4-16-18(30-17)12-29-31-16/h1-5,12H,6-11,13-14H2,(H,29,31). The maximum Gasteiger partial charge on any atom is 0.272 e. The number of carbonyl (C=O) groups excluding carboxylic acids is 3. The van der Waals surface area contributed by atoms with Gasteiger partial charge in [0.2, 0.25) is 11.8 Å². The highest BCUT2D eigenvalue weighted by atomic mass is 79.9. The Hall–Kier alpha value is -3.41. The van der Waals surface area contributed by atoms with Crippen molar-refractivity contribution in [2.24, 2.45) is 0 Å². The molecule has 12 heteroatoms. The topological polar surface area (TPSA) is 102 Å². The number of rotatable bonds is 3. The first-order chi connectivity index (χ1) is 17.7. The molecule has 0 aliphatic carbocycles. The zero-order valence-electron chi connectivity index (χ0n) is 19.7. The van der Waals surface area contributed by atoms with Gasteiger partial charge in [-0.3, -0.25) is 19.5 Å². The lowest BCUT2D eigenvalue weighted by atomic mass is 9.73. The molecule has 2 fully saturated rings. The Labute approximate surface area is 218 Å². The average molecular weight is 573 g/mol. The maximum absolute atomic E-state index is 13.9. The van der Waals surface area contributed by atoms with Gasteiger partial charge in [-0.25, -0.2) is 13.8 Å². The lowest BCUT2D eigenvalue weighted by Gasteiger charge is -2.38. The largest absolute Gasteiger partial charge is 0.337 e. The molecule has 0 atom stereocenters. The Kier molecular flexibility index (Phi) is 5.55. The third kappa shape index (κ3) is 3.89. The number of pyridine rings is 1. The number of nitrogens with one attached hydrogen (secondary N) is 1. The minimum atomic E-state index is -2.90. The van der Waals surface area contributed by atoms with E-state index in [1.165, 1.54) is 4.90 Å². The molecule has 3 aromatic rings. The number of amides is 3. The highest BCUT2D eigenvalue weighted by molar-refractivity contribution is 9.10. The SMILES string of the molecule is O=C(CN1C(=O)C2(CCN(C(=O)c3ccc4[nH]ncc4n3)CC2)c2c(Br)cccc21)N1CCC(F)(F)C1. The monoisotopic (exact) mass is 572 g/mol. The van der Waals surface area contributed by atoms with E-state index in [0.717, 1.165) is 20.5 Å². The third-order valence-corrected chi connectivity index (χ3v) is 8.31. The second-order valence-electron chi connectivity index (χ2n) is 9.82. The van der Waals surface area contributed by atoms with Crippen LogP contribution < -0.4 is 4.90 Å². The number of anilines is 1. The molecule has 1 aromatic carbocycles. The summed E-state index contributed by atoms with van der Waals surface area (Å²) < 4.78 is 28.1. The molecule has 3 aliphatic rings. The van der Waals surface area contributed by atoms with E-state index < -0.39 is 23.8 Å². The summed E-state index contributed by atoms with van der Waals surface area (Å²) in [6.45, 7) is -0.287. The second-order valence-corrected chi connectivity index (χ2v) is 10.7. The quantitative estimate of drug-likeness (QED) is 0.519. The van der Waals surface area contributed by atoms with Crippen LogP contribution >= 0.6 is 15.9 Å². The van der Waals surface area contributed by atoms with Crippen molar-refractivity contribution in [1.82, 2.24) is 25.0 Å². The van der Waals surface area contributed by atoms with Gasteiger partial charge in [0.15, 0.2) is 0 Å². The minimum Gasteiger partial charge on any atom is -0.337 e. The van der Waals surface area contributed by atoms with Crippen molar-refractivity contribution in [1.29, 1.82) is 0 Å². The first kappa shape index (κ1) is 24.0. The Morgan fingerprint density at radius 1 is 1.05 bits per heavy atom. The molecular weight excluding hydrogens is 550 g/mol. The minimum absolute atomic E-state index is 0.0277. The highest BCUT2D eigenvalue weighted by Crippen LogP contribution is 2.51. The van der Waals surface area contributed by atoms with Crippen molar-refractivity contribution in [2.75, 3.05) is 37.6 Å². The molecule has 0 radical (unpaired) electrons. The summed E-state index contributed by atoms with van der Waals surface area (Å²) >= 11 is 3.59. The molecule has 37 heavy (non-hydrogen) atoms. The lowest BCUT2D eigenvalue weighted by molar-refractivity contribution is -0.132. The molecule has 3 aliphatic heterocycles. The summed E-state index contributed by atoms with van der Waals surface area (Å²) in [6, 6.07) is 8.82. The van der Waals surface area contributed by atoms with Crippen LogP contribution in [0.3, 0.4) is 0 Å². The zero-order valence-corrected chi connectivity index (χ0v) is 21.3. The van der Waals surface area contributed by atoms with Gasteiger partial charge in [0.1, 0.15) is 17.8 Å². The Balaban J connectivity index is 1.23. The molecule has 0 bridgehead atoms. The smallest absolute Gasteiger partial charge is 0.272 e. The first-order valence-electron chi connectivity index (χ1n) is 12.0. The van der Waals surface area contributed by atoms with Crippen molar-refractivity contribution in [3.63, 3.8) is 0 Å². The summed E-state index contributed by atoms with van der Waals surface area (Å²) in [5, 5.41) is 6.75.